The van der Waals surface area contributed by atoms with Gasteiger partial charge in [-0.1, -0.05) is 22.4 Å². The van der Waals surface area contributed by atoms with Gasteiger partial charge in [-0.2, -0.15) is 0 Å². The van der Waals surface area contributed by atoms with Crippen molar-refractivity contribution < 1.29 is 4.74 Å². The molecule has 0 unspecified atom stereocenters. The Balaban J connectivity index is 2.14. The highest BCUT2D eigenvalue weighted by Crippen LogP contribution is 2.37. The van der Waals surface area contributed by atoms with E-state index < -0.39 is 0 Å². The van der Waals surface area contributed by atoms with Gasteiger partial charge < -0.3 is 4.74 Å². The summed E-state index contributed by atoms with van der Waals surface area (Å²) in [5, 5.41) is 0.855. The number of ether oxygens (including phenoxy) is 1. The van der Waals surface area contributed by atoms with Crippen molar-refractivity contribution in [2.75, 3.05) is 0 Å². The van der Waals surface area contributed by atoms with E-state index in [-0.39, 0.29) is 0 Å². The SMILES string of the molecule is BrCc1cc(Br)c(OC2CCCCC2)c(Br)c1. The van der Waals surface area contributed by atoms with Crippen LogP contribution < -0.4 is 4.74 Å². The predicted molar refractivity (Wildman–Crippen MR) is 82.0 cm³/mol. The lowest BCUT2D eigenvalue weighted by atomic mass is 9.98. The van der Waals surface area contributed by atoms with Crippen molar-refractivity contribution >= 4 is 47.8 Å². The van der Waals surface area contributed by atoms with Gasteiger partial charge in [0.2, 0.25) is 0 Å². The van der Waals surface area contributed by atoms with Crippen LogP contribution in [0.5, 0.6) is 5.75 Å². The van der Waals surface area contributed by atoms with E-state index in [2.05, 4.69) is 59.9 Å². The largest absolute Gasteiger partial charge is 0.488 e. The van der Waals surface area contributed by atoms with Crippen LogP contribution in [0.15, 0.2) is 21.1 Å². The Morgan fingerprint density at radius 3 is 2.18 bits per heavy atom. The normalized spacial score (nSPS) is 17.1. The highest BCUT2D eigenvalue weighted by molar-refractivity contribution is 9.11. The molecule has 0 heterocycles. The van der Waals surface area contributed by atoms with Gasteiger partial charge in [-0.15, -0.1) is 0 Å². The van der Waals surface area contributed by atoms with Crippen LogP contribution in [0.1, 0.15) is 37.7 Å². The molecule has 1 aromatic rings. The van der Waals surface area contributed by atoms with Gasteiger partial charge >= 0.3 is 0 Å². The second-order valence-corrected chi connectivity index (χ2v) is 6.67. The number of rotatable bonds is 3. The van der Waals surface area contributed by atoms with E-state index in [1.165, 1.54) is 37.7 Å². The lowest BCUT2D eigenvalue weighted by Crippen LogP contribution is -2.20. The molecule has 1 saturated carbocycles. The van der Waals surface area contributed by atoms with E-state index in [4.69, 9.17) is 4.74 Å². The zero-order chi connectivity index (χ0) is 12.3. The number of hydrogen-bond acceptors (Lipinski definition) is 1. The summed E-state index contributed by atoms with van der Waals surface area (Å²) in [4.78, 5) is 0. The Kier molecular flexibility index (Phi) is 5.37. The molecule has 1 aliphatic rings. The lowest BCUT2D eigenvalue weighted by Gasteiger charge is -2.24. The fourth-order valence-corrected chi connectivity index (χ4v) is 3.94. The molecule has 1 aliphatic carbocycles. The topological polar surface area (TPSA) is 9.23 Å². The second-order valence-electron chi connectivity index (χ2n) is 4.40. The van der Waals surface area contributed by atoms with Crippen molar-refractivity contribution in [3.05, 3.63) is 26.6 Å². The quantitative estimate of drug-likeness (QED) is 0.553. The van der Waals surface area contributed by atoms with Gasteiger partial charge in [-0.25, -0.2) is 0 Å². The van der Waals surface area contributed by atoms with Crippen molar-refractivity contribution in [2.24, 2.45) is 0 Å². The van der Waals surface area contributed by atoms with Crippen LogP contribution in [0, 0.1) is 0 Å². The first kappa shape index (κ1) is 13.9. The molecule has 0 saturated heterocycles. The minimum Gasteiger partial charge on any atom is -0.488 e. The monoisotopic (exact) mass is 424 g/mol. The maximum Gasteiger partial charge on any atom is 0.148 e. The summed E-state index contributed by atoms with van der Waals surface area (Å²) >= 11 is 10.6. The summed E-state index contributed by atoms with van der Waals surface area (Å²) in [5.74, 6) is 0.946. The maximum absolute atomic E-state index is 6.11. The van der Waals surface area contributed by atoms with Gasteiger partial charge in [0.15, 0.2) is 0 Å². The predicted octanol–water partition coefficient (Wildman–Crippen LogP) is 5.82. The molecule has 0 N–H and O–H groups in total. The number of benzene rings is 1. The molecule has 0 spiro atoms. The van der Waals surface area contributed by atoms with Gasteiger partial charge in [0.25, 0.3) is 0 Å². The fraction of sp³-hybridized carbons (Fsp3) is 0.538. The van der Waals surface area contributed by atoms with E-state index >= 15 is 0 Å². The minimum atomic E-state index is 0.381. The van der Waals surface area contributed by atoms with E-state index in [0.717, 1.165) is 20.0 Å². The molecule has 2 rings (SSSR count). The fourth-order valence-electron chi connectivity index (χ4n) is 2.15. The first-order chi connectivity index (χ1) is 8.20. The summed E-state index contributed by atoms with van der Waals surface area (Å²) in [5.41, 5.74) is 1.24. The van der Waals surface area contributed by atoms with Gasteiger partial charge in [0, 0.05) is 5.33 Å². The molecule has 0 aliphatic heterocycles. The van der Waals surface area contributed by atoms with E-state index in [9.17, 15) is 0 Å². The molecule has 0 atom stereocenters. The minimum absolute atomic E-state index is 0.381. The Hall–Kier alpha value is 0.460. The molecule has 0 radical (unpaired) electrons. The van der Waals surface area contributed by atoms with Gasteiger partial charge in [0.1, 0.15) is 5.75 Å². The van der Waals surface area contributed by atoms with E-state index in [0.29, 0.717) is 6.10 Å². The molecule has 0 amide bonds. The third-order valence-electron chi connectivity index (χ3n) is 3.05. The molecular weight excluding hydrogens is 412 g/mol. The van der Waals surface area contributed by atoms with Crippen LogP contribution in [0.4, 0.5) is 0 Å². The van der Waals surface area contributed by atoms with Crippen LogP contribution >= 0.6 is 47.8 Å². The third-order valence-corrected chi connectivity index (χ3v) is 4.87. The Morgan fingerprint density at radius 1 is 1.06 bits per heavy atom. The maximum atomic E-state index is 6.11. The van der Waals surface area contributed by atoms with Crippen LogP contribution in [-0.2, 0) is 5.33 Å². The zero-order valence-corrected chi connectivity index (χ0v) is 14.3. The van der Waals surface area contributed by atoms with Crippen LogP contribution in [0.25, 0.3) is 0 Å². The molecular formula is C13H15Br3O. The summed E-state index contributed by atoms with van der Waals surface area (Å²) in [6, 6.07) is 4.22. The molecule has 1 nitrogen and oxygen atoms in total. The van der Waals surface area contributed by atoms with Crippen LogP contribution in [0.3, 0.4) is 0 Å². The van der Waals surface area contributed by atoms with Gasteiger partial charge in [-0.3, -0.25) is 0 Å². The molecule has 94 valence electrons. The first-order valence-corrected chi connectivity index (χ1v) is 8.62. The summed E-state index contributed by atoms with van der Waals surface area (Å²) < 4.78 is 8.18. The molecule has 0 bridgehead atoms. The summed E-state index contributed by atoms with van der Waals surface area (Å²) in [6.45, 7) is 0. The van der Waals surface area contributed by atoms with Crippen LogP contribution in [0.2, 0.25) is 0 Å². The first-order valence-electron chi connectivity index (χ1n) is 5.91. The van der Waals surface area contributed by atoms with Crippen molar-refractivity contribution in [1.82, 2.24) is 0 Å². The summed E-state index contributed by atoms with van der Waals surface area (Å²) in [7, 11) is 0. The highest BCUT2D eigenvalue weighted by Gasteiger charge is 2.18. The average molecular weight is 427 g/mol. The molecule has 17 heavy (non-hydrogen) atoms. The number of hydrogen-bond donors (Lipinski definition) is 0. The van der Waals surface area contributed by atoms with Crippen molar-refractivity contribution in [1.29, 1.82) is 0 Å². The van der Waals surface area contributed by atoms with Gasteiger partial charge in [0.05, 0.1) is 15.0 Å². The Morgan fingerprint density at radius 2 is 1.65 bits per heavy atom. The molecule has 4 heteroatoms. The Labute approximate surface area is 128 Å². The van der Waals surface area contributed by atoms with Crippen molar-refractivity contribution in [2.45, 2.75) is 43.5 Å². The zero-order valence-electron chi connectivity index (χ0n) is 9.52. The lowest BCUT2D eigenvalue weighted by molar-refractivity contribution is 0.153. The average Bonchev–Trinajstić information content (AvgIpc) is 2.35. The smallest absolute Gasteiger partial charge is 0.148 e. The highest BCUT2D eigenvalue weighted by atomic mass is 79.9. The molecule has 1 fully saturated rings. The Bertz CT molecular complexity index is 363. The second kappa shape index (κ2) is 6.58. The summed E-state index contributed by atoms with van der Waals surface area (Å²) in [6.07, 6.45) is 6.67. The van der Waals surface area contributed by atoms with Crippen molar-refractivity contribution in [3.8, 4) is 5.75 Å². The molecule has 0 aromatic heterocycles. The standard InChI is InChI=1S/C13H15Br3O/c14-8-9-6-11(15)13(12(16)7-9)17-10-4-2-1-3-5-10/h6-7,10H,1-5,8H2. The van der Waals surface area contributed by atoms with E-state index in [1.807, 2.05) is 0 Å². The molecule has 1 aromatic carbocycles. The van der Waals surface area contributed by atoms with Crippen LogP contribution in [-0.4, -0.2) is 6.10 Å². The van der Waals surface area contributed by atoms with Gasteiger partial charge in [-0.05, 0) is 75.2 Å². The van der Waals surface area contributed by atoms with E-state index in [1.54, 1.807) is 0 Å². The van der Waals surface area contributed by atoms with Crippen molar-refractivity contribution in [3.63, 3.8) is 0 Å². The number of alkyl halides is 1. The number of halogens is 3. The third kappa shape index (κ3) is 3.71.